The molecule has 6 heteroatoms. The number of likely N-dealkylation sites (tertiary alicyclic amines) is 1. The minimum Gasteiger partial charge on any atom is -0.476 e. The summed E-state index contributed by atoms with van der Waals surface area (Å²) in [4.78, 5) is 6.56. The number of ether oxygens (including phenoxy) is 1. The fraction of sp³-hybridized carbons (Fsp3) is 0.500. The first-order valence-corrected chi connectivity index (χ1v) is 7.96. The highest BCUT2D eigenvalue weighted by Crippen LogP contribution is 2.23. The van der Waals surface area contributed by atoms with Crippen LogP contribution in [-0.2, 0) is 6.54 Å². The van der Waals surface area contributed by atoms with E-state index in [2.05, 4.69) is 15.0 Å². The van der Waals surface area contributed by atoms with Crippen molar-refractivity contribution < 1.29 is 9.26 Å². The number of hydrogen-bond acceptors (Lipinski definition) is 5. The Bertz CT molecular complexity index is 617. The highest BCUT2D eigenvalue weighted by molar-refractivity contribution is 6.31. The van der Waals surface area contributed by atoms with Crippen molar-refractivity contribution in [1.29, 1.82) is 0 Å². The summed E-state index contributed by atoms with van der Waals surface area (Å²) in [5.74, 6) is 1.87. The molecule has 5 nitrogen and oxygen atoms in total. The van der Waals surface area contributed by atoms with E-state index in [0.717, 1.165) is 31.1 Å². The molecule has 0 aliphatic carbocycles. The van der Waals surface area contributed by atoms with Crippen molar-refractivity contribution in [3.63, 3.8) is 0 Å². The molecule has 0 amide bonds. The molecule has 2 aromatic rings. The molecule has 118 valence electrons. The number of halogens is 1. The zero-order valence-electron chi connectivity index (χ0n) is 12.7. The fourth-order valence-corrected chi connectivity index (χ4v) is 3.00. The molecule has 0 saturated carbocycles. The van der Waals surface area contributed by atoms with Gasteiger partial charge in [-0.05, 0) is 38.4 Å². The van der Waals surface area contributed by atoms with Gasteiger partial charge in [0.2, 0.25) is 5.88 Å². The predicted octanol–water partition coefficient (Wildman–Crippen LogP) is 3.32. The average Bonchev–Trinajstić information content (AvgIpc) is 2.92. The first-order chi connectivity index (χ1) is 10.7. The standard InChI is InChI=1S/C16H20ClN3O2/c1-12-8-14(19-22-12)10-20-7-3-4-13(9-20)11-21-16-15(17)5-2-6-18-16/h2,5-6,8,13H,3-4,7,9-11H2,1H3. The Balaban J connectivity index is 1.51. The van der Waals surface area contributed by atoms with Crippen molar-refractivity contribution in [3.8, 4) is 5.88 Å². The molecule has 1 saturated heterocycles. The van der Waals surface area contributed by atoms with Gasteiger partial charge in [0.25, 0.3) is 0 Å². The van der Waals surface area contributed by atoms with Gasteiger partial charge < -0.3 is 9.26 Å². The highest BCUT2D eigenvalue weighted by atomic mass is 35.5. The molecule has 1 aliphatic rings. The Kier molecular flexibility index (Phi) is 4.95. The van der Waals surface area contributed by atoms with Crippen LogP contribution in [0.25, 0.3) is 0 Å². The third kappa shape index (κ3) is 3.99. The van der Waals surface area contributed by atoms with E-state index in [9.17, 15) is 0 Å². The van der Waals surface area contributed by atoms with Crippen LogP contribution in [0.1, 0.15) is 24.3 Å². The molecule has 0 aromatic carbocycles. The molecular weight excluding hydrogens is 302 g/mol. The largest absolute Gasteiger partial charge is 0.476 e. The molecule has 1 fully saturated rings. The van der Waals surface area contributed by atoms with Gasteiger partial charge in [-0.15, -0.1) is 0 Å². The zero-order valence-corrected chi connectivity index (χ0v) is 13.4. The first kappa shape index (κ1) is 15.3. The van der Waals surface area contributed by atoms with Crippen molar-refractivity contribution in [2.75, 3.05) is 19.7 Å². The number of nitrogens with zero attached hydrogens (tertiary/aromatic N) is 3. The second-order valence-corrected chi connectivity index (χ2v) is 6.18. The normalized spacial score (nSPS) is 19.3. The Morgan fingerprint density at radius 2 is 2.41 bits per heavy atom. The summed E-state index contributed by atoms with van der Waals surface area (Å²) in [6, 6.07) is 5.59. The quantitative estimate of drug-likeness (QED) is 0.845. The molecule has 0 spiro atoms. The minimum atomic E-state index is 0.486. The monoisotopic (exact) mass is 321 g/mol. The van der Waals surface area contributed by atoms with Crippen molar-refractivity contribution >= 4 is 11.6 Å². The third-order valence-corrected chi connectivity index (χ3v) is 4.13. The second-order valence-electron chi connectivity index (χ2n) is 5.77. The zero-order chi connectivity index (χ0) is 15.4. The Morgan fingerprint density at radius 3 is 3.18 bits per heavy atom. The topological polar surface area (TPSA) is 51.4 Å². The highest BCUT2D eigenvalue weighted by Gasteiger charge is 2.21. The molecule has 3 rings (SSSR count). The number of rotatable bonds is 5. The van der Waals surface area contributed by atoms with Crippen LogP contribution < -0.4 is 4.74 Å². The van der Waals surface area contributed by atoms with Gasteiger partial charge in [0, 0.05) is 31.3 Å². The van der Waals surface area contributed by atoms with Crippen LogP contribution in [-0.4, -0.2) is 34.7 Å². The van der Waals surface area contributed by atoms with E-state index in [0.29, 0.717) is 23.4 Å². The maximum atomic E-state index is 6.06. The summed E-state index contributed by atoms with van der Waals surface area (Å²) in [5, 5.41) is 4.63. The smallest absolute Gasteiger partial charge is 0.232 e. The van der Waals surface area contributed by atoms with Gasteiger partial charge in [0.05, 0.1) is 12.3 Å². The third-order valence-electron chi connectivity index (χ3n) is 3.85. The van der Waals surface area contributed by atoms with E-state index in [-0.39, 0.29) is 0 Å². The molecule has 0 radical (unpaired) electrons. The number of hydrogen-bond donors (Lipinski definition) is 0. The lowest BCUT2D eigenvalue weighted by atomic mass is 9.99. The Hall–Kier alpha value is -1.59. The Labute approximate surface area is 135 Å². The van der Waals surface area contributed by atoms with Gasteiger partial charge in [0.1, 0.15) is 10.8 Å². The lowest BCUT2D eigenvalue weighted by molar-refractivity contribution is 0.121. The summed E-state index contributed by atoms with van der Waals surface area (Å²) in [5.41, 5.74) is 0.992. The minimum absolute atomic E-state index is 0.486. The van der Waals surface area contributed by atoms with Crippen molar-refractivity contribution in [2.45, 2.75) is 26.3 Å². The van der Waals surface area contributed by atoms with Gasteiger partial charge in [0.15, 0.2) is 0 Å². The first-order valence-electron chi connectivity index (χ1n) is 7.58. The molecule has 1 unspecified atom stereocenters. The van der Waals surface area contributed by atoms with Crippen LogP contribution >= 0.6 is 11.6 Å². The molecule has 22 heavy (non-hydrogen) atoms. The lowest BCUT2D eigenvalue weighted by Gasteiger charge is -2.31. The summed E-state index contributed by atoms with van der Waals surface area (Å²) in [6.07, 6.45) is 4.03. The number of piperidine rings is 1. The average molecular weight is 322 g/mol. The van der Waals surface area contributed by atoms with Crippen LogP contribution in [0, 0.1) is 12.8 Å². The molecule has 1 atom stereocenters. The number of aromatic nitrogens is 2. The van der Waals surface area contributed by atoms with E-state index in [1.165, 1.54) is 12.8 Å². The van der Waals surface area contributed by atoms with Gasteiger partial charge in [-0.1, -0.05) is 16.8 Å². The fourth-order valence-electron chi connectivity index (χ4n) is 2.83. The summed E-state index contributed by atoms with van der Waals surface area (Å²) in [7, 11) is 0. The van der Waals surface area contributed by atoms with E-state index >= 15 is 0 Å². The number of aryl methyl sites for hydroxylation is 1. The number of pyridine rings is 1. The summed E-state index contributed by atoms with van der Waals surface area (Å²) in [6.45, 7) is 5.48. The van der Waals surface area contributed by atoms with Crippen molar-refractivity contribution in [1.82, 2.24) is 15.0 Å². The maximum absolute atomic E-state index is 6.06. The van der Waals surface area contributed by atoms with Crippen LogP contribution in [0.5, 0.6) is 5.88 Å². The van der Waals surface area contributed by atoms with E-state index in [4.69, 9.17) is 20.9 Å². The molecule has 2 aromatic heterocycles. The second kappa shape index (κ2) is 7.11. The SMILES string of the molecule is Cc1cc(CN2CCCC(COc3ncccc3Cl)C2)no1. The lowest BCUT2D eigenvalue weighted by Crippen LogP contribution is -2.37. The van der Waals surface area contributed by atoms with Gasteiger partial charge in [-0.3, -0.25) is 4.90 Å². The van der Waals surface area contributed by atoms with Gasteiger partial charge >= 0.3 is 0 Å². The van der Waals surface area contributed by atoms with E-state index in [1.807, 2.05) is 13.0 Å². The maximum Gasteiger partial charge on any atom is 0.232 e. The van der Waals surface area contributed by atoms with Crippen molar-refractivity contribution in [3.05, 3.63) is 40.9 Å². The molecule has 1 aliphatic heterocycles. The van der Waals surface area contributed by atoms with Crippen molar-refractivity contribution in [2.24, 2.45) is 5.92 Å². The van der Waals surface area contributed by atoms with E-state index < -0.39 is 0 Å². The summed E-state index contributed by atoms with van der Waals surface area (Å²) >= 11 is 6.06. The van der Waals surface area contributed by atoms with Crippen LogP contribution in [0.2, 0.25) is 5.02 Å². The van der Waals surface area contributed by atoms with Gasteiger partial charge in [-0.2, -0.15) is 0 Å². The predicted molar refractivity (Wildman–Crippen MR) is 84.0 cm³/mol. The van der Waals surface area contributed by atoms with Crippen LogP contribution in [0.3, 0.4) is 0 Å². The van der Waals surface area contributed by atoms with Crippen LogP contribution in [0.4, 0.5) is 0 Å². The molecular formula is C16H20ClN3O2. The Morgan fingerprint density at radius 1 is 1.50 bits per heavy atom. The van der Waals surface area contributed by atoms with E-state index in [1.54, 1.807) is 18.3 Å². The van der Waals surface area contributed by atoms with Gasteiger partial charge in [-0.25, -0.2) is 4.98 Å². The van der Waals surface area contributed by atoms with Crippen LogP contribution in [0.15, 0.2) is 28.9 Å². The molecule has 0 bridgehead atoms. The summed E-state index contributed by atoms with van der Waals surface area (Å²) < 4.78 is 10.9. The molecule has 3 heterocycles. The molecule has 0 N–H and O–H groups in total.